The summed E-state index contributed by atoms with van der Waals surface area (Å²) >= 11 is 0. The van der Waals surface area contributed by atoms with Crippen LogP contribution in [-0.4, -0.2) is 10.3 Å². The summed E-state index contributed by atoms with van der Waals surface area (Å²) in [6.07, 6.45) is 0. The fraction of sp³-hybridized carbons (Fsp3) is 0. The second-order valence-electron chi connectivity index (χ2n) is 0.238. The van der Waals surface area contributed by atoms with Gasteiger partial charge in [-0.1, -0.05) is 0 Å². The number of hydrogen-bond donors (Lipinski definition) is 1. The van der Waals surface area contributed by atoms with Gasteiger partial charge in [-0.2, -0.15) is 0 Å². The third kappa shape index (κ3) is 60.3. The molecule has 0 bridgehead atoms. The zero-order chi connectivity index (χ0) is 3.58. The molecule has 0 aromatic carbocycles. The molecule has 5 heavy (non-hydrogen) atoms. The Kier molecular flexibility index (Phi) is 8.85. The molecule has 31 valence electrons. The van der Waals surface area contributed by atoms with Gasteiger partial charge in [0.25, 0.3) is 5.09 Å². The van der Waals surface area contributed by atoms with Crippen LogP contribution in [-0.2, 0) is 0 Å². The molecule has 0 rings (SSSR count). The Hall–Kier alpha value is 0.784. The molecule has 0 spiro atoms. The molecule has 0 aliphatic heterocycles. The van der Waals surface area contributed by atoms with Gasteiger partial charge in [0.1, 0.15) is 0 Å². The quantitative estimate of drug-likeness (QED) is 0.443. The Morgan fingerprint density at radius 1 is 1.80 bits per heavy atom. The Balaban J connectivity index is 0. The van der Waals surface area contributed by atoms with Crippen molar-refractivity contribution in [3.05, 3.63) is 10.1 Å². The van der Waals surface area contributed by atoms with Crippen molar-refractivity contribution in [2.75, 3.05) is 0 Å². The third-order valence-corrected chi connectivity index (χ3v) is 0. The molecule has 1 N–H and O–H groups in total. The van der Waals surface area contributed by atoms with E-state index in [2.05, 4.69) is 0 Å². The molecule has 0 aliphatic carbocycles. The van der Waals surface area contributed by atoms with Crippen LogP contribution < -0.4 is 0 Å². The van der Waals surface area contributed by atoms with Crippen molar-refractivity contribution in [2.45, 2.75) is 0 Å². The summed E-state index contributed by atoms with van der Waals surface area (Å²) in [6.45, 7) is 0. The van der Waals surface area contributed by atoms with Crippen LogP contribution in [0.5, 0.6) is 0 Å². The van der Waals surface area contributed by atoms with Gasteiger partial charge >= 0.3 is 0 Å². The predicted octanol–water partition coefficient (Wildman–Crippen LogP) is -0.348. The minimum absolute atomic E-state index is 0. The first-order valence-corrected chi connectivity index (χ1v) is 0.565. The van der Waals surface area contributed by atoms with E-state index in [0.29, 0.717) is 0 Å². The van der Waals surface area contributed by atoms with Crippen molar-refractivity contribution >= 4 is 0 Å². The summed E-state index contributed by atoms with van der Waals surface area (Å²) in [7, 11) is 0. The van der Waals surface area contributed by atoms with E-state index < -0.39 is 5.09 Å². The molecule has 5 heteroatoms. The topological polar surface area (TPSA) is 63.4 Å². The van der Waals surface area contributed by atoms with Gasteiger partial charge in [-0.15, -0.1) is 10.1 Å². The fourth-order valence-electron chi connectivity index (χ4n) is 0. The van der Waals surface area contributed by atoms with Gasteiger partial charge in [-0.3, -0.25) is 0 Å². The molecule has 0 aliphatic rings. The van der Waals surface area contributed by atoms with E-state index in [1.165, 1.54) is 0 Å². The standard InChI is InChI=1S/Eu.HNO3/c;2-1(3)4/h;(H,2,3,4). The maximum Gasteiger partial charge on any atom is 0.291 e. The van der Waals surface area contributed by atoms with Crippen LogP contribution in [0.25, 0.3) is 0 Å². The monoisotopic (exact) mass is 216 g/mol. The third-order valence-electron chi connectivity index (χ3n) is 0. The van der Waals surface area contributed by atoms with Crippen molar-refractivity contribution in [3.8, 4) is 0 Å². The van der Waals surface area contributed by atoms with E-state index in [1.54, 1.807) is 0 Å². The average Bonchev–Trinajstić information content (AvgIpc) is 0.811. The normalized spacial score (nSPS) is 4.80. The van der Waals surface area contributed by atoms with Crippen molar-refractivity contribution in [3.63, 3.8) is 0 Å². The predicted molar refractivity (Wildman–Crippen MR) is 8.78 cm³/mol. The van der Waals surface area contributed by atoms with E-state index in [-0.39, 0.29) is 49.4 Å². The first kappa shape index (κ1) is 9.25. The molecule has 0 saturated carbocycles. The maximum atomic E-state index is 8.36. The summed E-state index contributed by atoms with van der Waals surface area (Å²) in [4.78, 5) is 8.36. The van der Waals surface area contributed by atoms with Crippen LogP contribution in [0.3, 0.4) is 0 Å². The number of rotatable bonds is 0. The molecule has 0 unspecified atom stereocenters. The molecule has 4 nitrogen and oxygen atoms in total. The fourth-order valence-corrected chi connectivity index (χ4v) is 0. The Morgan fingerprint density at radius 3 is 1.80 bits per heavy atom. The van der Waals surface area contributed by atoms with E-state index in [9.17, 15) is 0 Å². The summed E-state index contributed by atoms with van der Waals surface area (Å²) in [6, 6.07) is 0. The number of hydrogen-bond acceptors (Lipinski definition) is 2. The minimum atomic E-state index is -1.50. The molecule has 0 aromatic heterocycles. The molecule has 0 amide bonds. The van der Waals surface area contributed by atoms with Crippen LogP contribution in [0.2, 0.25) is 0 Å². The van der Waals surface area contributed by atoms with Crippen molar-refractivity contribution in [1.82, 2.24) is 0 Å². The van der Waals surface area contributed by atoms with E-state index in [4.69, 9.17) is 15.3 Å². The zero-order valence-corrected chi connectivity index (χ0v) is 4.51. The van der Waals surface area contributed by atoms with Crippen LogP contribution in [0.15, 0.2) is 0 Å². The van der Waals surface area contributed by atoms with Gasteiger partial charge in [-0.05, 0) is 0 Å². The van der Waals surface area contributed by atoms with Gasteiger partial charge in [0.05, 0.1) is 0 Å². The van der Waals surface area contributed by atoms with E-state index in [0.717, 1.165) is 0 Å². The molecule has 0 atom stereocenters. The molecule has 0 fully saturated rings. The second-order valence-corrected chi connectivity index (χ2v) is 0.238. The molecule has 0 saturated heterocycles. The van der Waals surface area contributed by atoms with Gasteiger partial charge in [-0.25, -0.2) is 0 Å². The average molecular weight is 215 g/mol. The van der Waals surface area contributed by atoms with Gasteiger partial charge in [0, 0.05) is 49.4 Å². The molecule has 0 aromatic rings. The zero-order valence-electron chi connectivity index (χ0n) is 2.09. The van der Waals surface area contributed by atoms with E-state index >= 15 is 0 Å². The summed E-state index contributed by atoms with van der Waals surface area (Å²) in [5, 5.41) is 13.6. The van der Waals surface area contributed by atoms with Crippen LogP contribution in [0.1, 0.15) is 0 Å². The largest absolute Gasteiger partial charge is 0.328 e. The van der Waals surface area contributed by atoms with E-state index in [1.807, 2.05) is 0 Å². The van der Waals surface area contributed by atoms with Gasteiger partial charge < -0.3 is 5.21 Å². The van der Waals surface area contributed by atoms with Crippen molar-refractivity contribution < 1.29 is 59.7 Å². The summed E-state index contributed by atoms with van der Waals surface area (Å²) < 4.78 is 0. The summed E-state index contributed by atoms with van der Waals surface area (Å²) in [5.74, 6) is 0. The van der Waals surface area contributed by atoms with Gasteiger partial charge in [0.15, 0.2) is 0 Å². The molecular formula is HEuNO3. The van der Waals surface area contributed by atoms with Crippen molar-refractivity contribution in [2.24, 2.45) is 0 Å². The first-order valence-electron chi connectivity index (χ1n) is 0.565. The summed E-state index contributed by atoms with van der Waals surface area (Å²) in [5.41, 5.74) is 0. The number of nitrogens with zero attached hydrogens (tertiary/aromatic N) is 1. The smallest absolute Gasteiger partial charge is 0.291 e. The second kappa shape index (κ2) is 4.78. The van der Waals surface area contributed by atoms with Gasteiger partial charge in [0.2, 0.25) is 0 Å². The SMILES string of the molecule is O=[N+]([O-])O.[Eu]. The van der Waals surface area contributed by atoms with Crippen LogP contribution >= 0.6 is 0 Å². The van der Waals surface area contributed by atoms with Crippen LogP contribution in [0, 0.1) is 59.5 Å². The molecule has 0 heterocycles. The van der Waals surface area contributed by atoms with Crippen LogP contribution in [0.4, 0.5) is 0 Å². The minimum Gasteiger partial charge on any atom is -0.328 e. The van der Waals surface area contributed by atoms with Crippen molar-refractivity contribution in [1.29, 1.82) is 0 Å². The molecular weight excluding hydrogens is 214 g/mol. The molecule has 1 radical (unpaired) electrons. The Bertz CT molecular complexity index is 29.9. The first-order chi connectivity index (χ1) is 1.73. The Labute approximate surface area is 68.8 Å². The maximum absolute atomic E-state index is 8.36. The Morgan fingerprint density at radius 2 is 1.80 bits per heavy atom.